The molecule has 5 nitrogen and oxygen atoms in total. The number of aromatic nitrogens is 2. The first-order chi connectivity index (χ1) is 7.49. The van der Waals surface area contributed by atoms with E-state index < -0.39 is 0 Å². The number of benzene rings is 1. The number of rotatable bonds is 0. The Kier molecular flexibility index (Phi) is 4.27. The lowest BCUT2D eigenvalue weighted by molar-refractivity contribution is 0.403. The van der Waals surface area contributed by atoms with E-state index in [9.17, 15) is 0 Å². The van der Waals surface area contributed by atoms with Gasteiger partial charge in [0.1, 0.15) is 0 Å². The van der Waals surface area contributed by atoms with E-state index in [0.29, 0.717) is 9.09 Å². The Bertz CT molecular complexity index is 521. The van der Waals surface area contributed by atoms with E-state index in [1.807, 2.05) is 6.92 Å². The standard InChI is InChI=1S/C7H8O2.C2H3N3S2/c1-5-2-3-6(8)7(9)4-5;3-1-4-5-2(6)7-1/h2-4,8-9H,1H3;(H2,3,4)(H,5,6). The van der Waals surface area contributed by atoms with Crippen molar-refractivity contribution in [2.45, 2.75) is 6.92 Å². The van der Waals surface area contributed by atoms with E-state index in [-0.39, 0.29) is 11.5 Å². The molecular weight excluding hydrogens is 246 g/mol. The molecule has 0 saturated carbocycles. The second kappa shape index (κ2) is 5.47. The van der Waals surface area contributed by atoms with Crippen molar-refractivity contribution >= 4 is 28.7 Å². The molecule has 0 aliphatic heterocycles. The number of aromatic amines is 1. The zero-order valence-electron chi connectivity index (χ0n) is 8.47. The monoisotopic (exact) mass is 257 g/mol. The number of aryl methyl sites for hydroxylation is 1. The Balaban J connectivity index is 0.000000165. The summed E-state index contributed by atoms with van der Waals surface area (Å²) in [4.78, 5) is 0. The van der Waals surface area contributed by atoms with Crippen LogP contribution in [-0.4, -0.2) is 20.4 Å². The number of nitrogens with zero attached hydrogens (tertiary/aromatic N) is 1. The Morgan fingerprint density at radius 3 is 2.38 bits per heavy atom. The van der Waals surface area contributed by atoms with Crippen LogP contribution in [0.2, 0.25) is 0 Å². The first kappa shape index (κ1) is 12.5. The molecule has 1 heterocycles. The molecule has 0 spiro atoms. The van der Waals surface area contributed by atoms with Crippen LogP contribution in [0.25, 0.3) is 0 Å². The Morgan fingerprint density at radius 1 is 1.38 bits per heavy atom. The minimum Gasteiger partial charge on any atom is -0.504 e. The first-order valence-electron chi connectivity index (χ1n) is 4.28. The van der Waals surface area contributed by atoms with Gasteiger partial charge in [-0.05, 0) is 36.8 Å². The van der Waals surface area contributed by atoms with Crippen molar-refractivity contribution in [1.82, 2.24) is 10.2 Å². The number of nitrogens with two attached hydrogens (primary N) is 1. The highest BCUT2D eigenvalue weighted by Gasteiger charge is 1.94. The number of nitrogen functional groups attached to an aromatic ring is 1. The van der Waals surface area contributed by atoms with Crippen molar-refractivity contribution in [2.75, 3.05) is 5.73 Å². The minimum absolute atomic E-state index is 0.0602. The zero-order chi connectivity index (χ0) is 12.1. The smallest absolute Gasteiger partial charge is 0.201 e. The van der Waals surface area contributed by atoms with E-state index in [4.69, 9.17) is 15.9 Å². The Hall–Kier alpha value is -1.60. The lowest BCUT2D eigenvalue weighted by atomic mass is 10.2. The van der Waals surface area contributed by atoms with Crippen molar-refractivity contribution < 1.29 is 10.2 Å². The second-order valence-electron chi connectivity index (χ2n) is 2.94. The molecule has 16 heavy (non-hydrogen) atoms. The third-order valence-electron chi connectivity index (χ3n) is 1.59. The maximum atomic E-state index is 8.85. The van der Waals surface area contributed by atoms with Crippen LogP contribution >= 0.6 is 23.6 Å². The van der Waals surface area contributed by atoms with Crippen LogP contribution in [0.15, 0.2) is 18.2 Å². The van der Waals surface area contributed by atoms with Crippen LogP contribution in [0.1, 0.15) is 5.56 Å². The molecule has 0 aliphatic rings. The summed E-state index contributed by atoms with van der Waals surface area (Å²) >= 11 is 5.92. The largest absolute Gasteiger partial charge is 0.504 e. The summed E-state index contributed by atoms with van der Waals surface area (Å²) < 4.78 is 0.623. The molecule has 0 fully saturated rings. The highest BCUT2D eigenvalue weighted by Crippen LogP contribution is 2.23. The van der Waals surface area contributed by atoms with Gasteiger partial charge < -0.3 is 15.9 Å². The molecule has 0 radical (unpaired) electrons. The number of H-pyrrole nitrogens is 1. The summed E-state index contributed by atoms with van der Waals surface area (Å²) in [6.45, 7) is 1.85. The molecule has 0 bridgehead atoms. The van der Waals surface area contributed by atoms with Gasteiger partial charge in [-0.15, -0.1) is 5.10 Å². The molecule has 0 aliphatic carbocycles. The van der Waals surface area contributed by atoms with E-state index in [1.54, 1.807) is 6.07 Å². The van der Waals surface area contributed by atoms with Crippen molar-refractivity contribution in [3.63, 3.8) is 0 Å². The van der Waals surface area contributed by atoms with E-state index in [0.717, 1.165) is 5.56 Å². The number of aromatic hydroxyl groups is 2. The molecule has 5 N–H and O–H groups in total. The van der Waals surface area contributed by atoms with Gasteiger partial charge in [-0.2, -0.15) is 0 Å². The van der Waals surface area contributed by atoms with E-state index in [2.05, 4.69) is 22.4 Å². The maximum absolute atomic E-state index is 8.85. The Labute approximate surface area is 101 Å². The number of phenolic OH excluding ortho intramolecular Hbond substituents is 2. The fourth-order valence-electron chi connectivity index (χ4n) is 0.875. The molecule has 1 aromatic heterocycles. The van der Waals surface area contributed by atoms with Crippen molar-refractivity contribution in [1.29, 1.82) is 0 Å². The molecule has 1 aromatic carbocycles. The second-order valence-corrected chi connectivity index (χ2v) is 4.64. The van der Waals surface area contributed by atoms with Gasteiger partial charge >= 0.3 is 0 Å². The van der Waals surface area contributed by atoms with Gasteiger partial charge in [0.25, 0.3) is 0 Å². The Morgan fingerprint density at radius 2 is 2.06 bits per heavy atom. The highest BCUT2D eigenvalue weighted by molar-refractivity contribution is 7.73. The molecule has 0 amide bonds. The lowest BCUT2D eigenvalue weighted by Gasteiger charge is -1.95. The molecule has 2 aromatic rings. The van der Waals surface area contributed by atoms with Crippen LogP contribution in [0.3, 0.4) is 0 Å². The zero-order valence-corrected chi connectivity index (χ0v) is 10.1. The normalized spacial score (nSPS) is 9.31. The first-order valence-corrected chi connectivity index (χ1v) is 5.51. The summed E-state index contributed by atoms with van der Waals surface area (Å²) in [5.74, 6) is -0.129. The average Bonchev–Trinajstić information content (AvgIpc) is 2.58. The van der Waals surface area contributed by atoms with Gasteiger partial charge in [-0.25, -0.2) is 0 Å². The average molecular weight is 257 g/mol. The van der Waals surface area contributed by atoms with E-state index in [1.165, 1.54) is 23.5 Å². The van der Waals surface area contributed by atoms with Crippen LogP contribution in [0.4, 0.5) is 5.13 Å². The predicted octanol–water partition coefficient (Wildman–Crippen LogP) is 2.19. The highest BCUT2D eigenvalue weighted by atomic mass is 32.1. The van der Waals surface area contributed by atoms with Gasteiger partial charge in [-0.1, -0.05) is 17.4 Å². The van der Waals surface area contributed by atoms with Gasteiger partial charge in [-0.3, -0.25) is 5.10 Å². The minimum atomic E-state index is -0.0689. The number of anilines is 1. The van der Waals surface area contributed by atoms with Gasteiger partial charge in [0, 0.05) is 0 Å². The molecule has 7 heteroatoms. The maximum Gasteiger partial charge on any atom is 0.201 e. The quantitative estimate of drug-likeness (QED) is 0.428. The van der Waals surface area contributed by atoms with Crippen molar-refractivity contribution in [3.8, 4) is 11.5 Å². The topological polar surface area (TPSA) is 95.2 Å². The molecule has 0 unspecified atom stereocenters. The lowest BCUT2D eigenvalue weighted by Crippen LogP contribution is -1.79. The molecular formula is C9H11N3O2S2. The van der Waals surface area contributed by atoms with Gasteiger partial charge in [0.05, 0.1) is 0 Å². The van der Waals surface area contributed by atoms with Gasteiger partial charge in [0.2, 0.25) is 5.13 Å². The number of hydrogen-bond donors (Lipinski definition) is 4. The summed E-state index contributed by atoms with van der Waals surface area (Å²) in [6.07, 6.45) is 0. The molecule has 86 valence electrons. The van der Waals surface area contributed by atoms with Crippen LogP contribution in [0, 0.1) is 10.9 Å². The molecule has 0 saturated heterocycles. The summed E-state index contributed by atoms with van der Waals surface area (Å²) in [5.41, 5.74) is 6.12. The van der Waals surface area contributed by atoms with E-state index >= 15 is 0 Å². The fourth-order valence-corrected chi connectivity index (χ4v) is 1.55. The predicted molar refractivity (Wildman–Crippen MR) is 66.2 cm³/mol. The van der Waals surface area contributed by atoms with Gasteiger partial charge in [0.15, 0.2) is 15.5 Å². The van der Waals surface area contributed by atoms with Crippen LogP contribution in [-0.2, 0) is 0 Å². The third-order valence-corrected chi connectivity index (χ3v) is 2.50. The van der Waals surface area contributed by atoms with Crippen LogP contribution < -0.4 is 5.73 Å². The summed E-state index contributed by atoms with van der Waals surface area (Å²) in [7, 11) is 0. The molecule has 0 atom stereocenters. The van der Waals surface area contributed by atoms with Crippen LogP contribution in [0.5, 0.6) is 11.5 Å². The summed E-state index contributed by atoms with van der Waals surface area (Å²) in [6, 6.07) is 4.70. The third kappa shape index (κ3) is 3.87. The number of nitrogens with one attached hydrogen (secondary N) is 1. The summed E-state index contributed by atoms with van der Waals surface area (Å²) in [5, 5.41) is 24.2. The van der Waals surface area contributed by atoms with Crippen molar-refractivity contribution in [2.24, 2.45) is 0 Å². The SMILES string of the molecule is Cc1ccc(O)c(O)c1.Nc1n[nH]c(=S)s1. The molecule has 2 rings (SSSR count). The van der Waals surface area contributed by atoms with Crippen molar-refractivity contribution in [3.05, 3.63) is 27.7 Å². The number of hydrogen-bond acceptors (Lipinski definition) is 6. The fraction of sp³-hybridized carbons (Fsp3) is 0.111. The number of phenols is 2.